The van der Waals surface area contributed by atoms with Crippen LogP contribution in [0.5, 0.6) is 0 Å². The molecule has 2 aliphatic rings. The Morgan fingerprint density at radius 3 is 2.24 bits per heavy atom. The summed E-state index contributed by atoms with van der Waals surface area (Å²) < 4.78 is 0. The minimum Gasteiger partial charge on any atom is -0.481 e. The van der Waals surface area contributed by atoms with E-state index in [4.69, 9.17) is 16.7 Å². The van der Waals surface area contributed by atoms with Crippen molar-refractivity contribution in [2.24, 2.45) is 11.8 Å². The van der Waals surface area contributed by atoms with Gasteiger partial charge in [-0.1, -0.05) is 36.6 Å². The molecule has 0 aromatic heterocycles. The lowest BCUT2D eigenvalue weighted by Gasteiger charge is -2.33. The average molecular weight is 365 g/mol. The molecule has 1 heterocycles. The summed E-state index contributed by atoms with van der Waals surface area (Å²) in [5.74, 6) is -0.641. The van der Waals surface area contributed by atoms with Gasteiger partial charge in [0.25, 0.3) is 0 Å². The maximum Gasteiger partial charge on any atom is 0.317 e. The first-order valence-corrected chi connectivity index (χ1v) is 9.46. The maximum atomic E-state index is 12.7. The van der Waals surface area contributed by atoms with Crippen molar-refractivity contribution in [3.8, 4) is 0 Å². The predicted molar refractivity (Wildman–Crippen MR) is 96.6 cm³/mol. The second kappa shape index (κ2) is 8.09. The van der Waals surface area contributed by atoms with Gasteiger partial charge in [-0.25, -0.2) is 4.79 Å². The number of carboxylic acid groups (broad SMARTS) is 1. The Morgan fingerprint density at radius 2 is 1.68 bits per heavy atom. The second-order valence-corrected chi connectivity index (χ2v) is 7.56. The first-order valence-electron chi connectivity index (χ1n) is 9.08. The van der Waals surface area contributed by atoms with Crippen LogP contribution in [0.2, 0.25) is 5.02 Å². The van der Waals surface area contributed by atoms with Gasteiger partial charge in [0.1, 0.15) is 0 Å². The van der Waals surface area contributed by atoms with Gasteiger partial charge < -0.3 is 15.3 Å². The Balaban J connectivity index is 1.66. The van der Waals surface area contributed by atoms with Gasteiger partial charge in [-0.3, -0.25) is 4.79 Å². The van der Waals surface area contributed by atoms with E-state index in [0.717, 1.165) is 18.4 Å². The highest BCUT2D eigenvalue weighted by Crippen LogP contribution is 2.36. The summed E-state index contributed by atoms with van der Waals surface area (Å²) in [7, 11) is 0. The van der Waals surface area contributed by atoms with Crippen LogP contribution in [0.3, 0.4) is 0 Å². The highest BCUT2D eigenvalue weighted by molar-refractivity contribution is 6.30. The molecule has 1 aromatic rings. The number of likely N-dealkylation sites (tertiary alicyclic amines) is 1. The van der Waals surface area contributed by atoms with E-state index in [-0.39, 0.29) is 18.0 Å². The Bertz CT molecular complexity index is 606. The van der Waals surface area contributed by atoms with E-state index < -0.39 is 5.97 Å². The summed E-state index contributed by atoms with van der Waals surface area (Å²) in [6.45, 7) is 1.00. The molecule has 1 atom stereocenters. The van der Waals surface area contributed by atoms with Crippen molar-refractivity contribution in [2.45, 2.75) is 44.6 Å². The van der Waals surface area contributed by atoms with Crippen molar-refractivity contribution in [1.29, 1.82) is 0 Å². The minimum atomic E-state index is -0.759. The molecule has 2 amide bonds. The molecule has 1 unspecified atom stereocenters. The van der Waals surface area contributed by atoms with E-state index in [9.17, 15) is 9.59 Å². The molecule has 0 spiro atoms. The number of hydrogen-bond acceptors (Lipinski definition) is 2. The largest absolute Gasteiger partial charge is 0.481 e. The summed E-state index contributed by atoms with van der Waals surface area (Å²) in [5.41, 5.74) is 1.09. The molecule has 0 radical (unpaired) electrons. The van der Waals surface area contributed by atoms with Crippen LogP contribution >= 0.6 is 11.6 Å². The summed E-state index contributed by atoms with van der Waals surface area (Å²) in [6.07, 6.45) is 5.70. The lowest BCUT2D eigenvalue weighted by atomic mass is 9.91. The highest BCUT2D eigenvalue weighted by atomic mass is 35.5. The minimum absolute atomic E-state index is 0.00976. The number of carbonyl (C=O) groups is 2. The molecule has 6 heteroatoms. The fourth-order valence-electron chi connectivity index (χ4n) is 3.99. The summed E-state index contributed by atoms with van der Waals surface area (Å²) in [6, 6.07) is 7.61. The van der Waals surface area contributed by atoms with Gasteiger partial charge >= 0.3 is 12.0 Å². The molecule has 0 bridgehead atoms. The topological polar surface area (TPSA) is 69.6 Å². The number of nitrogens with one attached hydrogen (secondary N) is 1. The Kier molecular flexibility index (Phi) is 5.84. The molecule has 1 saturated carbocycles. The molecule has 136 valence electrons. The zero-order valence-electron chi connectivity index (χ0n) is 14.3. The summed E-state index contributed by atoms with van der Waals surface area (Å²) >= 11 is 6.00. The van der Waals surface area contributed by atoms with E-state index in [1.807, 2.05) is 24.3 Å². The number of amides is 2. The number of aliphatic carboxylic acids is 1. The molecular weight excluding hydrogens is 340 g/mol. The fourth-order valence-corrected chi connectivity index (χ4v) is 4.11. The third kappa shape index (κ3) is 4.46. The SMILES string of the molecule is O=C(O)C1CCN(C(=O)NC(c2ccc(Cl)cc2)C2CCCC2)CC1. The van der Waals surface area contributed by atoms with Crippen LogP contribution in [0.4, 0.5) is 4.79 Å². The van der Waals surface area contributed by atoms with Crippen LogP contribution in [0.25, 0.3) is 0 Å². The van der Waals surface area contributed by atoms with E-state index in [0.29, 0.717) is 36.9 Å². The van der Waals surface area contributed by atoms with Gasteiger partial charge in [-0.15, -0.1) is 0 Å². The van der Waals surface area contributed by atoms with Gasteiger partial charge in [0, 0.05) is 18.1 Å². The Labute approximate surface area is 153 Å². The van der Waals surface area contributed by atoms with Crippen LogP contribution in [0.1, 0.15) is 50.1 Å². The van der Waals surface area contributed by atoms with Crippen molar-refractivity contribution in [3.63, 3.8) is 0 Å². The Hall–Kier alpha value is -1.75. The van der Waals surface area contributed by atoms with Crippen molar-refractivity contribution >= 4 is 23.6 Å². The average Bonchev–Trinajstić information content (AvgIpc) is 3.15. The lowest BCUT2D eigenvalue weighted by Crippen LogP contribution is -2.47. The van der Waals surface area contributed by atoms with Gasteiger partial charge in [0.05, 0.1) is 12.0 Å². The number of hydrogen-bond donors (Lipinski definition) is 2. The zero-order valence-corrected chi connectivity index (χ0v) is 15.0. The van der Waals surface area contributed by atoms with E-state index in [1.54, 1.807) is 4.90 Å². The van der Waals surface area contributed by atoms with Crippen LogP contribution in [0.15, 0.2) is 24.3 Å². The van der Waals surface area contributed by atoms with Crippen LogP contribution in [-0.4, -0.2) is 35.1 Å². The smallest absolute Gasteiger partial charge is 0.317 e. The standard InChI is InChI=1S/C19H25ClN2O3/c20-16-7-5-14(6-8-16)17(13-3-1-2-4-13)21-19(25)22-11-9-15(10-12-22)18(23)24/h5-8,13,15,17H,1-4,9-12H2,(H,21,25)(H,23,24). The van der Waals surface area contributed by atoms with Gasteiger partial charge in [-0.05, 0) is 49.3 Å². The van der Waals surface area contributed by atoms with Gasteiger partial charge in [0.15, 0.2) is 0 Å². The zero-order chi connectivity index (χ0) is 17.8. The third-order valence-electron chi connectivity index (χ3n) is 5.51. The Morgan fingerprint density at radius 1 is 1.08 bits per heavy atom. The first kappa shape index (κ1) is 18.1. The third-order valence-corrected chi connectivity index (χ3v) is 5.76. The van der Waals surface area contributed by atoms with Gasteiger partial charge in [0.2, 0.25) is 0 Å². The number of halogens is 1. The van der Waals surface area contributed by atoms with Gasteiger partial charge in [-0.2, -0.15) is 0 Å². The number of urea groups is 1. The maximum absolute atomic E-state index is 12.7. The predicted octanol–water partition coefficient (Wildman–Crippen LogP) is 4.08. The van der Waals surface area contributed by atoms with Crippen LogP contribution in [-0.2, 0) is 4.79 Å². The molecule has 25 heavy (non-hydrogen) atoms. The summed E-state index contributed by atoms with van der Waals surface area (Å²) in [5, 5.41) is 13.0. The lowest BCUT2D eigenvalue weighted by molar-refractivity contribution is -0.143. The second-order valence-electron chi connectivity index (χ2n) is 7.12. The molecule has 1 saturated heterocycles. The van der Waals surface area contributed by atoms with Crippen LogP contribution in [0, 0.1) is 11.8 Å². The summed E-state index contributed by atoms with van der Waals surface area (Å²) in [4.78, 5) is 25.5. The number of carboxylic acids is 1. The molecule has 2 N–H and O–H groups in total. The normalized spacial score (nSPS) is 20.4. The molecule has 5 nitrogen and oxygen atoms in total. The number of benzene rings is 1. The molecule has 1 aliphatic carbocycles. The van der Waals surface area contributed by atoms with Crippen LogP contribution < -0.4 is 5.32 Å². The number of rotatable bonds is 4. The molecular formula is C19H25ClN2O3. The van der Waals surface area contributed by atoms with E-state index in [1.165, 1.54) is 12.8 Å². The molecule has 1 aromatic carbocycles. The number of piperidine rings is 1. The van der Waals surface area contributed by atoms with Crippen molar-refractivity contribution in [3.05, 3.63) is 34.9 Å². The fraction of sp³-hybridized carbons (Fsp3) is 0.579. The van der Waals surface area contributed by atoms with Crippen molar-refractivity contribution < 1.29 is 14.7 Å². The van der Waals surface area contributed by atoms with E-state index >= 15 is 0 Å². The molecule has 1 aliphatic heterocycles. The van der Waals surface area contributed by atoms with E-state index in [2.05, 4.69) is 5.32 Å². The van der Waals surface area contributed by atoms with Crippen molar-refractivity contribution in [1.82, 2.24) is 10.2 Å². The molecule has 3 rings (SSSR count). The van der Waals surface area contributed by atoms with Crippen molar-refractivity contribution in [2.75, 3.05) is 13.1 Å². The first-order chi connectivity index (χ1) is 12.0. The number of carbonyl (C=O) groups excluding carboxylic acids is 1. The molecule has 2 fully saturated rings. The monoisotopic (exact) mass is 364 g/mol. The highest BCUT2D eigenvalue weighted by Gasteiger charge is 2.31. The number of nitrogens with zero attached hydrogens (tertiary/aromatic N) is 1. The quantitative estimate of drug-likeness (QED) is 0.845.